The zero-order valence-electron chi connectivity index (χ0n) is 20.9. The number of alkyl halides is 6. The molecule has 0 spiro atoms. The first kappa shape index (κ1) is 36.4. The maximum Gasteiger partial charge on any atom is 0.458 e. The monoisotopic (exact) mass is 662 g/mol. The molecule has 0 aliphatic heterocycles. The maximum absolute atomic E-state index is 12.3. The number of aromatic hydroxyl groups is 1. The van der Waals surface area contributed by atoms with Crippen LogP contribution in [0.3, 0.4) is 0 Å². The molecule has 0 fully saturated rings. The van der Waals surface area contributed by atoms with Crippen LogP contribution in [0.15, 0.2) is 35.6 Å². The Kier molecular flexibility index (Phi) is 12.7. The molecule has 234 valence electrons. The van der Waals surface area contributed by atoms with E-state index < -0.39 is 66.5 Å². The molecule has 1 heterocycles. The molecule has 1 aromatic heterocycles. The number of aliphatic imine (C=N–C) groups is 1. The van der Waals surface area contributed by atoms with E-state index in [4.69, 9.17) is 39.8 Å². The Bertz CT molecular complexity index is 1410. The smallest absolute Gasteiger partial charge is 0.458 e. The van der Waals surface area contributed by atoms with Crippen LogP contribution in [0.4, 0.5) is 32.0 Å². The third-order valence-corrected chi connectivity index (χ3v) is 5.03. The number of aliphatic carboxylic acids is 1. The van der Waals surface area contributed by atoms with Gasteiger partial charge in [-0.2, -0.15) is 26.3 Å². The topological polar surface area (TPSA) is 227 Å². The maximum atomic E-state index is 12.3. The van der Waals surface area contributed by atoms with Crippen LogP contribution in [0.1, 0.15) is 28.4 Å². The van der Waals surface area contributed by atoms with Crippen LogP contribution < -0.4 is 22.1 Å². The Hall–Kier alpha value is -4.65. The number of carbonyl (C=O) groups is 5. The molecule has 0 aliphatic rings. The first-order valence-electron chi connectivity index (χ1n) is 10.9. The lowest BCUT2D eigenvalue weighted by molar-refractivity contribution is -0.193. The lowest BCUT2D eigenvalue weighted by atomic mass is 10.0. The predicted octanol–water partition coefficient (Wildman–Crippen LogP) is 2.31. The summed E-state index contributed by atoms with van der Waals surface area (Å²) in [4.78, 5) is 62.6. The Morgan fingerprint density at radius 2 is 1.51 bits per heavy atom. The molecule has 0 aliphatic carbocycles. The zero-order valence-corrected chi connectivity index (χ0v) is 22.4. The standard InChI is InChI=1S/C18H18Cl2N6O5.C4F6O2/c19-9-2-11(16(30)12(20)3-9)13(4-15(28)29)26-14(27)7-24-17(31)8-1-10(6-23-5-8)25-18(21)22;5-3(6,7)1(11)2(12)4(8,9)10/h1-3,5-6,13,30H,4,7H2,(H,24,31)(H,26,27)(H,28,29)(H4,21,22,25);. The average Bonchev–Trinajstić information content (AvgIpc) is 2.86. The van der Waals surface area contributed by atoms with Crippen LogP contribution in [0.5, 0.6) is 5.75 Å². The summed E-state index contributed by atoms with van der Waals surface area (Å²) < 4.78 is 67.0. The summed E-state index contributed by atoms with van der Waals surface area (Å²) in [6.07, 6.45) is -9.52. The van der Waals surface area contributed by atoms with Gasteiger partial charge in [-0.1, -0.05) is 23.2 Å². The van der Waals surface area contributed by atoms with E-state index in [1.807, 2.05) is 0 Å². The Morgan fingerprint density at radius 3 is 2.00 bits per heavy atom. The Labute approximate surface area is 245 Å². The number of hydrogen-bond donors (Lipinski definition) is 6. The molecule has 2 aromatic rings. The van der Waals surface area contributed by atoms with Crippen molar-refractivity contribution in [2.45, 2.75) is 24.8 Å². The highest BCUT2D eigenvalue weighted by molar-refractivity contribution is 6.41. The van der Waals surface area contributed by atoms with E-state index >= 15 is 0 Å². The summed E-state index contributed by atoms with van der Waals surface area (Å²) >= 11 is 11.8. The highest BCUT2D eigenvalue weighted by Crippen LogP contribution is 2.36. The highest BCUT2D eigenvalue weighted by Gasteiger charge is 2.54. The van der Waals surface area contributed by atoms with Crippen LogP contribution >= 0.6 is 23.2 Å². The van der Waals surface area contributed by atoms with Crippen LogP contribution in [0, 0.1) is 0 Å². The van der Waals surface area contributed by atoms with Crippen LogP contribution in [0.25, 0.3) is 0 Å². The lowest BCUT2D eigenvalue weighted by Crippen LogP contribution is -2.39. The summed E-state index contributed by atoms with van der Waals surface area (Å²) in [5.74, 6) is -10.0. The fourth-order valence-electron chi connectivity index (χ4n) is 2.79. The molecule has 21 heteroatoms. The van der Waals surface area contributed by atoms with Gasteiger partial charge >= 0.3 is 29.9 Å². The second-order valence-electron chi connectivity index (χ2n) is 7.85. The molecule has 0 saturated heterocycles. The largest absolute Gasteiger partial charge is 0.506 e. The lowest BCUT2D eigenvalue weighted by Gasteiger charge is -2.19. The molecular weight excluding hydrogens is 645 g/mol. The highest BCUT2D eigenvalue weighted by atomic mass is 35.5. The number of nitrogens with two attached hydrogens (primary N) is 2. The summed E-state index contributed by atoms with van der Waals surface area (Å²) in [6.45, 7) is -0.490. The summed E-state index contributed by atoms with van der Waals surface area (Å²) in [5.41, 5.74) is 10.9. The number of pyridine rings is 1. The number of ketones is 2. The zero-order chi connectivity index (χ0) is 33.3. The molecule has 1 atom stereocenters. The number of amides is 2. The van der Waals surface area contributed by atoms with E-state index in [9.17, 15) is 55.4 Å². The average molecular weight is 663 g/mol. The van der Waals surface area contributed by atoms with Gasteiger partial charge in [-0.05, 0) is 18.2 Å². The number of nitrogens with zero attached hydrogens (tertiary/aromatic N) is 2. The number of Topliss-reactive ketones (excluding diaryl/α,β-unsaturated/α-hetero) is 2. The van der Waals surface area contributed by atoms with E-state index in [-0.39, 0.29) is 32.8 Å². The first-order valence-corrected chi connectivity index (χ1v) is 11.6. The van der Waals surface area contributed by atoms with Crippen molar-refractivity contribution in [3.8, 4) is 5.75 Å². The van der Waals surface area contributed by atoms with Gasteiger partial charge in [0.2, 0.25) is 5.91 Å². The third-order valence-electron chi connectivity index (χ3n) is 4.52. The number of hydrogen-bond acceptors (Lipinski definition) is 8. The van der Waals surface area contributed by atoms with Gasteiger partial charge in [0.15, 0.2) is 5.96 Å². The van der Waals surface area contributed by atoms with Gasteiger partial charge in [0.1, 0.15) is 5.75 Å². The van der Waals surface area contributed by atoms with Crippen molar-refractivity contribution in [1.82, 2.24) is 15.6 Å². The number of guanidine groups is 1. The number of nitrogens with one attached hydrogen (secondary N) is 2. The van der Waals surface area contributed by atoms with Gasteiger partial charge in [0, 0.05) is 16.8 Å². The van der Waals surface area contributed by atoms with Crippen molar-refractivity contribution in [1.29, 1.82) is 0 Å². The van der Waals surface area contributed by atoms with Crippen molar-refractivity contribution >= 4 is 64.2 Å². The van der Waals surface area contributed by atoms with Gasteiger partial charge in [0.05, 0.1) is 41.5 Å². The fraction of sp³-hybridized carbons (Fsp3) is 0.227. The van der Waals surface area contributed by atoms with E-state index in [1.54, 1.807) is 0 Å². The van der Waals surface area contributed by atoms with Crippen molar-refractivity contribution in [3.05, 3.63) is 51.8 Å². The van der Waals surface area contributed by atoms with Crippen LogP contribution in [-0.2, 0) is 19.2 Å². The first-order chi connectivity index (χ1) is 19.6. The van der Waals surface area contributed by atoms with Crippen molar-refractivity contribution in [2.24, 2.45) is 16.5 Å². The van der Waals surface area contributed by atoms with E-state index in [2.05, 4.69) is 20.6 Å². The number of halogens is 8. The number of phenols is 1. The molecule has 1 aromatic carbocycles. The van der Waals surface area contributed by atoms with E-state index in [1.165, 1.54) is 30.6 Å². The molecule has 0 radical (unpaired) electrons. The molecule has 1 unspecified atom stereocenters. The number of rotatable bonds is 9. The van der Waals surface area contributed by atoms with Gasteiger partial charge in [-0.3, -0.25) is 29.0 Å². The molecule has 13 nitrogen and oxygen atoms in total. The molecule has 43 heavy (non-hydrogen) atoms. The number of aromatic nitrogens is 1. The quantitative estimate of drug-likeness (QED) is 0.0993. The van der Waals surface area contributed by atoms with Crippen LogP contribution in [-0.4, -0.2) is 69.4 Å². The molecule has 0 saturated carbocycles. The van der Waals surface area contributed by atoms with Crippen LogP contribution in [0.2, 0.25) is 10.0 Å². The Morgan fingerprint density at radius 1 is 0.953 bits per heavy atom. The summed E-state index contributed by atoms with van der Waals surface area (Å²) in [7, 11) is 0. The van der Waals surface area contributed by atoms with Crippen molar-refractivity contribution < 1.29 is 60.5 Å². The molecule has 2 rings (SSSR count). The van der Waals surface area contributed by atoms with Gasteiger partial charge in [-0.25, -0.2) is 4.99 Å². The van der Waals surface area contributed by atoms with Crippen molar-refractivity contribution in [2.75, 3.05) is 6.54 Å². The number of phenolic OH excluding ortho intramolecular Hbond substituents is 1. The van der Waals surface area contributed by atoms with Crippen molar-refractivity contribution in [3.63, 3.8) is 0 Å². The van der Waals surface area contributed by atoms with E-state index in [0.29, 0.717) is 0 Å². The fourth-order valence-corrected chi connectivity index (χ4v) is 3.30. The minimum absolute atomic E-state index is 0.0220. The second-order valence-corrected chi connectivity index (χ2v) is 8.69. The normalized spacial score (nSPS) is 11.7. The van der Waals surface area contributed by atoms with Gasteiger partial charge < -0.3 is 32.3 Å². The summed E-state index contributed by atoms with van der Waals surface area (Å²) in [6, 6.07) is 2.77. The minimum Gasteiger partial charge on any atom is -0.506 e. The second kappa shape index (κ2) is 15.0. The van der Waals surface area contributed by atoms with Gasteiger partial charge in [-0.15, -0.1) is 0 Å². The third kappa shape index (κ3) is 12.0. The molecular formula is C22H18Cl2F6N6O7. The number of carboxylic acids is 1. The number of benzene rings is 1. The molecule has 0 bridgehead atoms. The molecule has 8 N–H and O–H groups in total. The van der Waals surface area contributed by atoms with E-state index in [0.717, 1.165) is 0 Å². The number of carboxylic acid groups (broad SMARTS) is 1. The summed E-state index contributed by atoms with van der Waals surface area (Å²) in [5, 5.41) is 24.1. The molecule has 2 amide bonds. The minimum atomic E-state index is -5.77. The SMILES string of the molecule is NC(N)=Nc1cncc(C(=O)NCC(=O)NC(CC(=O)O)c2cc(Cl)cc(Cl)c2O)c1.O=C(C(=O)C(F)(F)F)C(F)(F)F. The predicted molar refractivity (Wildman–Crippen MR) is 135 cm³/mol. The number of carbonyl (C=O) groups excluding carboxylic acids is 4. The van der Waals surface area contributed by atoms with Gasteiger partial charge in [0.25, 0.3) is 5.91 Å². The Balaban J connectivity index is 0.000000650.